The van der Waals surface area contributed by atoms with E-state index in [0.717, 1.165) is 19.1 Å². The van der Waals surface area contributed by atoms with E-state index in [9.17, 15) is 26.4 Å². The lowest BCUT2D eigenvalue weighted by Gasteiger charge is -2.16. The zero-order valence-electron chi connectivity index (χ0n) is 12.7. The first kappa shape index (κ1) is 19.1. The van der Waals surface area contributed by atoms with E-state index in [1.54, 1.807) is 0 Å². The zero-order chi connectivity index (χ0) is 18.8. The molecule has 1 amide bonds. The fourth-order valence-electron chi connectivity index (χ4n) is 1.97. The number of carbonyl (C=O) groups excluding carboxylic acids is 1. The van der Waals surface area contributed by atoms with E-state index in [1.165, 1.54) is 24.3 Å². The maximum absolute atomic E-state index is 13.2. The lowest BCUT2D eigenvalue weighted by molar-refractivity contribution is -0.136. The molecule has 0 saturated heterocycles. The maximum Gasteiger partial charge on any atom is 0.418 e. The van der Waals surface area contributed by atoms with Gasteiger partial charge in [-0.1, -0.05) is 11.6 Å². The zero-order valence-corrected chi connectivity index (χ0v) is 14.3. The summed E-state index contributed by atoms with van der Waals surface area (Å²) in [6.45, 7) is 1.14. The van der Waals surface area contributed by atoms with Gasteiger partial charge in [-0.25, -0.2) is 8.42 Å². The molecule has 25 heavy (non-hydrogen) atoms. The molecule has 0 radical (unpaired) electrons. The molecule has 2 rings (SSSR count). The van der Waals surface area contributed by atoms with Gasteiger partial charge in [0, 0.05) is 17.6 Å². The highest BCUT2D eigenvalue weighted by atomic mass is 35.5. The van der Waals surface area contributed by atoms with Crippen molar-refractivity contribution in [3.63, 3.8) is 0 Å². The van der Waals surface area contributed by atoms with E-state index in [2.05, 4.69) is 5.32 Å². The molecular weight excluding hydrogens is 381 g/mol. The molecule has 0 heterocycles. The number of hydrogen-bond acceptors (Lipinski definition) is 3. The smallest absolute Gasteiger partial charge is 0.326 e. The van der Waals surface area contributed by atoms with Gasteiger partial charge in [0.25, 0.3) is 10.0 Å². The molecule has 0 aromatic heterocycles. The largest absolute Gasteiger partial charge is 0.418 e. The van der Waals surface area contributed by atoms with E-state index in [-0.39, 0.29) is 15.6 Å². The normalized spacial score (nSPS) is 11.9. The molecule has 0 saturated carbocycles. The number of alkyl halides is 3. The minimum Gasteiger partial charge on any atom is -0.326 e. The van der Waals surface area contributed by atoms with E-state index in [0.29, 0.717) is 6.07 Å². The fourth-order valence-corrected chi connectivity index (χ4v) is 3.17. The van der Waals surface area contributed by atoms with Crippen LogP contribution in [-0.2, 0) is 21.0 Å². The summed E-state index contributed by atoms with van der Waals surface area (Å²) in [6, 6.07) is 7.70. The summed E-state index contributed by atoms with van der Waals surface area (Å²) >= 11 is 5.67. The first-order chi connectivity index (χ1) is 11.5. The van der Waals surface area contributed by atoms with Gasteiger partial charge in [-0.15, -0.1) is 0 Å². The summed E-state index contributed by atoms with van der Waals surface area (Å²) in [5.41, 5.74) is -1.98. The first-order valence-electron chi connectivity index (χ1n) is 6.76. The van der Waals surface area contributed by atoms with Gasteiger partial charge in [-0.2, -0.15) is 13.2 Å². The average molecular weight is 393 g/mol. The second kappa shape index (κ2) is 6.93. The predicted octanol–water partition coefficient (Wildman–Crippen LogP) is 4.12. The molecule has 0 unspecified atom stereocenters. The maximum atomic E-state index is 13.2. The monoisotopic (exact) mass is 392 g/mol. The van der Waals surface area contributed by atoms with Gasteiger partial charge in [-0.3, -0.25) is 9.52 Å². The second-order valence-corrected chi connectivity index (χ2v) is 7.12. The number of nitrogens with one attached hydrogen (secondary N) is 2. The Morgan fingerprint density at radius 2 is 1.68 bits per heavy atom. The molecule has 0 aliphatic carbocycles. The Morgan fingerprint density at radius 1 is 1.08 bits per heavy atom. The summed E-state index contributed by atoms with van der Waals surface area (Å²) in [5.74, 6) is -0.553. The predicted molar refractivity (Wildman–Crippen MR) is 88.0 cm³/mol. The van der Waals surface area contributed by atoms with Crippen LogP contribution in [0.4, 0.5) is 24.5 Å². The number of hydrogen-bond donors (Lipinski definition) is 2. The number of benzene rings is 2. The highest BCUT2D eigenvalue weighted by Crippen LogP contribution is 2.37. The van der Waals surface area contributed by atoms with E-state index in [4.69, 9.17) is 11.6 Å². The Morgan fingerprint density at radius 3 is 2.20 bits per heavy atom. The molecule has 10 heteroatoms. The second-order valence-electron chi connectivity index (χ2n) is 5.00. The Hall–Kier alpha value is -2.26. The average Bonchev–Trinajstić information content (AvgIpc) is 2.47. The third-order valence-corrected chi connectivity index (χ3v) is 4.65. The Balaban J connectivity index is 2.44. The third kappa shape index (κ3) is 4.86. The van der Waals surface area contributed by atoms with Crippen LogP contribution in [0.1, 0.15) is 12.5 Å². The first-order valence-corrected chi connectivity index (χ1v) is 8.62. The molecule has 0 atom stereocenters. The van der Waals surface area contributed by atoms with Gasteiger partial charge in [0.1, 0.15) is 0 Å². The number of rotatable bonds is 4. The molecule has 0 bridgehead atoms. The van der Waals surface area contributed by atoms with Crippen LogP contribution in [0.5, 0.6) is 0 Å². The van der Waals surface area contributed by atoms with Gasteiger partial charge in [-0.05, 0) is 42.5 Å². The fraction of sp³-hybridized carbons (Fsp3) is 0.133. The summed E-state index contributed by atoms with van der Waals surface area (Å²) < 4.78 is 66.1. The van der Waals surface area contributed by atoms with Crippen molar-refractivity contribution in [3.8, 4) is 0 Å². The lowest BCUT2D eigenvalue weighted by atomic mass is 10.1. The Bertz CT molecular complexity index is 897. The quantitative estimate of drug-likeness (QED) is 0.821. The Kier molecular flexibility index (Phi) is 5.28. The van der Waals surface area contributed by atoms with Gasteiger partial charge in [0.15, 0.2) is 0 Å². The van der Waals surface area contributed by atoms with Crippen LogP contribution >= 0.6 is 11.6 Å². The van der Waals surface area contributed by atoms with Gasteiger partial charge < -0.3 is 5.32 Å². The molecule has 2 aromatic carbocycles. The van der Waals surface area contributed by atoms with E-state index >= 15 is 0 Å². The molecule has 0 aliphatic heterocycles. The summed E-state index contributed by atoms with van der Waals surface area (Å²) in [6.07, 6.45) is -4.83. The van der Waals surface area contributed by atoms with Gasteiger partial charge in [0.05, 0.1) is 16.1 Å². The van der Waals surface area contributed by atoms with Crippen molar-refractivity contribution >= 4 is 38.9 Å². The standard InChI is InChI=1S/C15H12ClF3N2O3S/c1-9(22)20-11-4-7-14(13(8-11)15(17,18)19)21-25(23,24)12-5-2-10(16)3-6-12/h2-8,21H,1H3,(H,20,22). The highest BCUT2D eigenvalue weighted by Gasteiger charge is 2.35. The third-order valence-electron chi connectivity index (χ3n) is 3.01. The highest BCUT2D eigenvalue weighted by molar-refractivity contribution is 7.92. The summed E-state index contributed by atoms with van der Waals surface area (Å²) in [5, 5.41) is 2.50. The van der Waals surface area contributed by atoms with Crippen LogP contribution in [0.15, 0.2) is 47.4 Å². The van der Waals surface area contributed by atoms with Crippen molar-refractivity contribution < 1.29 is 26.4 Å². The van der Waals surface area contributed by atoms with E-state index in [1.807, 2.05) is 4.72 Å². The molecule has 5 nitrogen and oxygen atoms in total. The number of amides is 1. The van der Waals surface area contributed by atoms with Crippen LogP contribution in [0, 0.1) is 0 Å². The Labute approximate surface area is 146 Å². The van der Waals surface area contributed by atoms with Crippen molar-refractivity contribution in [1.29, 1.82) is 0 Å². The molecular formula is C15H12ClF3N2O3S. The molecule has 0 aliphatic rings. The molecule has 0 fully saturated rings. The van der Waals surface area contributed by atoms with Crippen molar-refractivity contribution in [1.82, 2.24) is 0 Å². The van der Waals surface area contributed by atoms with Crippen molar-refractivity contribution in [2.45, 2.75) is 18.0 Å². The molecule has 0 spiro atoms. The lowest BCUT2D eigenvalue weighted by Crippen LogP contribution is -2.18. The number of halogens is 4. The topological polar surface area (TPSA) is 75.3 Å². The molecule has 134 valence electrons. The minimum atomic E-state index is -4.83. The van der Waals surface area contributed by atoms with Crippen molar-refractivity contribution in [2.24, 2.45) is 0 Å². The van der Waals surface area contributed by atoms with Crippen LogP contribution in [0.25, 0.3) is 0 Å². The van der Waals surface area contributed by atoms with Crippen LogP contribution < -0.4 is 10.0 Å². The van der Waals surface area contributed by atoms with Crippen molar-refractivity contribution in [3.05, 3.63) is 53.1 Å². The van der Waals surface area contributed by atoms with Gasteiger partial charge in [0.2, 0.25) is 5.91 Å². The van der Waals surface area contributed by atoms with Crippen LogP contribution in [0.2, 0.25) is 5.02 Å². The van der Waals surface area contributed by atoms with Crippen LogP contribution in [0.3, 0.4) is 0 Å². The summed E-state index contributed by atoms with van der Waals surface area (Å²) in [4.78, 5) is 10.7. The molecule has 2 N–H and O–H groups in total. The number of sulfonamides is 1. The van der Waals surface area contributed by atoms with Gasteiger partial charge >= 0.3 is 6.18 Å². The minimum absolute atomic E-state index is 0.103. The number of anilines is 2. The number of carbonyl (C=O) groups is 1. The van der Waals surface area contributed by atoms with E-state index < -0.39 is 33.4 Å². The SMILES string of the molecule is CC(=O)Nc1ccc(NS(=O)(=O)c2ccc(Cl)cc2)c(C(F)(F)F)c1. The van der Waals surface area contributed by atoms with Crippen LogP contribution in [-0.4, -0.2) is 14.3 Å². The summed E-state index contributed by atoms with van der Waals surface area (Å²) in [7, 11) is -4.24. The molecule has 2 aromatic rings. The van der Waals surface area contributed by atoms with Crippen molar-refractivity contribution in [2.75, 3.05) is 10.0 Å².